The van der Waals surface area contributed by atoms with Crippen molar-refractivity contribution in [3.05, 3.63) is 0 Å². The van der Waals surface area contributed by atoms with Gasteiger partial charge in [-0.2, -0.15) is 0 Å². The molecule has 3 nitrogen and oxygen atoms in total. The molecule has 168 valence electrons. The number of aldehydes is 1. The minimum absolute atomic E-state index is 0.189. The van der Waals surface area contributed by atoms with Gasteiger partial charge in [0.15, 0.2) is 6.29 Å². The first-order chi connectivity index (χ1) is 14.1. The Balaban J connectivity index is 1.22. The van der Waals surface area contributed by atoms with Crippen LogP contribution in [-0.2, 0) is 14.3 Å². The highest BCUT2D eigenvalue weighted by Crippen LogP contribution is 2.53. The van der Waals surface area contributed by atoms with Crippen LogP contribution in [0, 0.1) is 41.4 Å². The number of hydrogen-bond acceptors (Lipinski definition) is 3. The molecule has 0 aromatic carbocycles. The lowest BCUT2D eigenvalue weighted by Crippen LogP contribution is -2.20. The molecule has 3 aliphatic rings. The zero-order chi connectivity index (χ0) is 20.6. The van der Waals surface area contributed by atoms with Gasteiger partial charge in [-0.15, -0.1) is 0 Å². The second-order valence-corrected chi connectivity index (χ2v) is 10.5. The maximum atomic E-state index is 10.8. The third kappa shape index (κ3) is 8.32. The molecule has 0 spiro atoms. The molecular weight excluding hydrogens is 360 g/mol. The fourth-order valence-corrected chi connectivity index (χ4v) is 5.42. The molecule has 0 aromatic heterocycles. The summed E-state index contributed by atoms with van der Waals surface area (Å²) in [5.74, 6) is 6.67. The number of ether oxygens (including phenoxy) is 2. The summed E-state index contributed by atoms with van der Waals surface area (Å²) in [6, 6.07) is 0. The third-order valence-electron chi connectivity index (χ3n) is 8.12. The Morgan fingerprint density at radius 3 is 2.10 bits per heavy atom. The molecule has 0 bridgehead atoms. The Bertz CT molecular complexity index is 471. The topological polar surface area (TPSA) is 35.5 Å². The van der Waals surface area contributed by atoms with E-state index in [1.165, 1.54) is 57.8 Å². The van der Waals surface area contributed by atoms with Crippen LogP contribution in [0.1, 0.15) is 97.8 Å². The van der Waals surface area contributed by atoms with Crippen LogP contribution in [0.4, 0.5) is 0 Å². The Morgan fingerprint density at radius 2 is 1.41 bits per heavy atom. The predicted octanol–water partition coefficient (Wildman–Crippen LogP) is 6.64. The molecular formula is C26H46O3. The molecule has 8 atom stereocenters. The molecule has 0 radical (unpaired) electrons. The lowest BCUT2D eigenvalue weighted by atomic mass is 9.99. The standard InChI is InChI=1S/C26H46O3/c1-4-20-15-22(20)9-8-19(3)10-13-28-26(7-6-12-27)29-14-11-23-17-25(23)18-24-16-21(24)5-2/h12,19-26H,4-11,13-18H2,1-3H3. The van der Waals surface area contributed by atoms with Crippen LogP contribution in [0.25, 0.3) is 0 Å². The highest BCUT2D eigenvalue weighted by molar-refractivity contribution is 5.49. The van der Waals surface area contributed by atoms with Gasteiger partial charge in [0.25, 0.3) is 0 Å². The quantitative estimate of drug-likeness (QED) is 0.189. The van der Waals surface area contributed by atoms with E-state index < -0.39 is 0 Å². The first kappa shape index (κ1) is 23.3. The molecule has 0 saturated heterocycles. The first-order valence-corrected chi connectivity index (χ1v) is 12.8. The van der Waals surface area contributed by atoms with Crippen molar-refractivity contribution >= 4 is 6.29 Å². The summed E-state index contributed by atoms with van der Waals surface area (Å²) in [7, 11) is 0. The van der Waals surface area contributed by atoms with E-state index >= 15 is 0 Å². The Labute approximate surface area is 179 Å². The van der Waals surface area contributed by atoms with E-state index in [2.05, 4.69) is 20.8 Å². The highest BCUT2D eigenvalue weighted by atomic mass is 16.7. The molecule has 0 aromatic rings. The van der Waals surface area contributed by atoms with Crippen molar-refractivity contribution < 1.29 is 14.3 Å². The molecule has 0 N–H and O–H groups in total. The molecule has 29 heavy (non-hydrogen) atoms. The summed E-state index contributed by atoms with van der Waals surface area (Å²) in [6.07, 6.45) is 15.6. The second-order valence-electron chi connectivity index (χ2n) is 10.5. The molecule has 3 heteroatoms. The van der Waals surface area contributed by atoms with Gasteiger partial charge in [0.1, 0.15) is 6.29 Å². The number of carbonyl (C=O) groups excluding carboxylic acids is 1. The molecule has 0 heterocycles. The molecule has 3 saturated carbocycles. The maximum absolute atomic E-state index is 10.8. The van der Waals surface area contributed by atoms with Gasteiger partial charge in [-0.05, 0) is 86.4 Å². The summed E-state index contributed by atoms with van der Waals surface area (Å²) in [6.45, 7) is 8.56. The van der Waals surface area contributed by atoms with E-state index in [9.17, 15) is 4.79 Å². The molecule has 0 aliphatic heterocycles. The Kier molecular flexibility index (Phi) is 9.50. The molecule has 3 aliphatic carbocycles. The largest absolute Gasteiger partial charge is 0.353 e. The minimum Gasteiger partial charge on any atom is -0.353 e. The van der Waals surface area contributed by atoms with Crippen LogP contribution in [0.5, 0.6) is 0 Å². The zero-order valence-electron chi connectivity index (χ0n) is 19.3. The van der Waals surface area contributed by atoms with Crippen molar-refractivity contribution in [3.8, 4) is 0 Å². The fourth-order valence-electron chi connectivity index (χ4n) is 5.42. The Morgan fingerprint density at radius 1 is 0.793 bits per heavy atom. The van der Waals surface area contributed by atoms with Crippen LogP contribution < -0.4 is 0 Å². The van der Waals surface area contributed by atoms with Gasteiger partial charge in [0, 0.05) is 19.4 Å². The van der Waals surface area contributed by atoms with Crippen LogP contribution in [-0.4, -0.2) is 25.8 Å². The third-order valence-corrected chi connectivity index (χ3v) is 8.12. The van der Waals surface area contributed by atoms with Gasteiger partial charge in [-0.3, -0.25) is 0 Å². The van der Waals surface area contributed by atoms with Crippen LogP contribution in [0.3, 0.4) is 0 Å². The van der Waals surface area contributed by atoms with Gasteiger partial charge in [0.2, 0.25) is 0 Å². The zero-order valence-corrected chi connectivity index (χ0v) is 19.3. The normalized spacial score (nSPS) is 34.6. The summed E-state index contributed by atoms with van der Waals surface area (Å²) < 4.78 is 12.1. The second kappa shape index (κ2) is 11.8. The van der Waals surface area contributed by atoms with E-state index in [1.54, 1.807) is 0 Å². The SMILES string of the molecule is CCC1CC1CCC(C)CCOC(CCC=O)OCCC1CC1CC1CC1CC. The van der Waals surface area contributed by atoms with Gasteiger partial charge in [-0.25, -0.2) is 0 Å². The van der Waals surface area contributed by atoms with Crippen molar-refractivity contribution in [3.63, 3.8) is 0 Å². The van der Waals surface area contributed by atoms with Gasteiger partial charge < -0.3 is 14.3 Å². The number of hydrogen-bond donors (Lipinski definition) is 0. The first-order valence-electron chi connectivity index (χ1n) is 12.8. The van der Waals surface area contributed by atoms with Gasteiger partial charge in [0.05, 0.1) is 6.61 Å². The van der Waals surface area contributed by atoms with Gasteiger partial charge >= 0.3 is 0 Å². The van der Waals surface area contributed by atoms with E-state index in [0.717, 1.165) is 67.3 Å². The van der Waals surface area contributed by atoms with Crippen molar-refractivity contribution in [1.82, 2.24) is 0 Å². The van der Waals surface area contributed by atoms with Crippen LogP contribution >= 0.6 is 0 Å². The van der Waals surface area contributed by atoms with Crippen molar-refractivity contribution in [2.24, 2.45) is 41.4 Å². The summed E-state index contributed by atoms with van der Waals surface area (Å²) in [5.41, 5.74) is 0. The minimum atomic E-state index is -0.189. The predicted molar refractivity (Wildman–Crippen MR) is 119 cm³/mol. The lowest BCUT2D eigenvalue weighted by Gasteiger charge is -2.19. The molecule has 8 unspecified atom stereocenters. The molecule has 3 fully saturated rings. The van der Waals surface area contributed by atoms with E-state index in [1.807, 2.05) is 0 Å². The smallest absolute Gasteiger partial charge is 0.157 e. The number of rotatable bonds is 18. The average molecular weight is 407 g/mol. The molecule has 0 amide bonds. The van der Waals surface area contributed by atoms with Crippen LogP contribution in [0.15, 0.2) is 0 Å². The summed E-state index contributed by atoms with van der Waals surface area (Å²) >= 11 is 0. The van der Waals surface area contributed by atoms with E-state index in [4.69, 9.17) is 9.47 Å². The summed E-state index contributed by atoms with van der Waals surface area (Å²) in [5, 5.41) is 0. The Hall–Kier alpha value is -0.410. The van der Waals surface area contributed by atoms with Crippen molar-refractivity contribution in [1.29, 1.82) is 0 Å². The van der Waals surface area contributed by atoms with E-state index in [0.29, 0.717) is 12.8 Å². The summed E-state index contributed by atoms with van der Waals surface area (Å²) in [4.78, 5) is 10.8. The van der Waals surface area contributed by atoms with E-state index in [-0.39, 0.29) is 6.29 Å². The lowest BCUT2D eigenvalue weighted by molar-refractivity contribution is -0.150. The number of carbonyl (C=O) groups is 1. The molecule has 3 rings (SSSR count). The highest BCUT2D eigenvalue weighted by Gasteiger charge is 2.44. The van der Waals surface area contributed by atoms with Crippen molar-refractivity contribution in [2.75, 3.05) is 13.2 Å². The maximum Gasteiger partial charge on any atom is 0.157 e. The van der Waals surface area contributed by atoms with Gasteiger partial charge in [-0.1, -0.05) is 40.0 Å². The van der Waals surface area contributed by atoms with Crippen LogP contribution in [0.2, 0.25) is 0 Å². The monoisotopic (exact) mass is 406 g/mol. The fraction of sp³-hybridized carbons (Fsp3) is 0.962. The average Bonchev–Trinajstić information content (AvgIpc) is 3.61. The van der Waals surface area contributed by atoms with Crippen molar-refractivity contribution in [2.45, 2.75) is 104 Å².